The Morgan fingerprint density at radius 1 is 1.07 bits per heavy atom. The van der Waals surface area contributed by atoms with Gasteiger partial charge in [-0.15, -0.1) is 0 Å². The van der Waals surface area contributed by atoms with Crippen molar-refractivity contribution in [2.24, 2.45) is 0 Å². The van der Waals surface area contributed by atoms with Crippen molar-refractivity contribution >= 4 is 5.71 Å². The van der Waals surface area contributed by atoms with Gasteiger partial charge >= 0.3 is 0 Å². The van der Waals surface area contributed by atoms with E-state index < -0.39 is 0 Å². The van der Waals surface area contributed by atoms with Gasteiger partial charge in [0.15, 0.2) is 5.71 Å². The van der Waals surface area contributed by atoms with E-state index in [1.807, 2.05) is 26.2 Å². The molecule has 0 fully saturated rings. The average Bonchev–Trinajstić information content (AvgIpc) is 2.19. The van der Waals surface area contributed by atoms with Crippen molar-refractivity contribution in [3.05, 3.63) is 60.8 Å². The summed E-state index contributed by atoms with van der Waals surface area (Å²) in [6.07, 6.45) is 16.1. The highest BCUT2D eigenvalue weighted by Crippen LogP contribution is 2.06. The molecule has 0 radical (unpaired) electrons. The first-order valence-electron chi connectivity index (χ1n) is 4.64. The summed E-state index contributed by atoms with van der Waals surface area (Å²) in [5.74, 6) is 0. The molecular formula is C13H16N+. The molecule has 1 aliphatic rings. The molecule has 0 aliphatic heterocycles. The van der Waals surface area contributed by atoms with Crippen LogP contribution in [0.2, 0.25) is 0 Å². The maximum Gasteiger partial charge on any atom is 0.199 e. The molecule has 0 atom stereocenters. The van der Waals surface area contributed by atoms with E-state index >= 15 is 0 Å². The molecular weight excluding hydrogens is 170 g/mol. The van der Waals surface area contributed by atoms with Gasteiger partial charge in [0.1, 0.15) is 14.1 Å². The van der Waals surface area contributed by atoms with Crippen LogP contribution in [-0.2, 0) is 0 Å². The minimum atomic E-state index is 1.20. The van der Waals surface area contributed by atoms with Crippen molar-refractivity contribution in [1.82, 2.24) is 0 Å². The molecule has 1 nitrogen and oxygen atoms in total. The first-order valence-corrected chi connectivity index (χ1v) is 4.64. The fourth-order valence-corrected chi connectivity index (χ4v) is 1.13. The zero-order valence-corrected chi connectivity index (χ0v) is 8.77. The summed E-state index contributed by atoms with van der Waals surface area (Å²) < 4.78 is 2.09. The van der Waals surface area contributed by atoms with E-state index in [-0.39, 0.29) is 0 Å². The molecule has 72 valence electrons. The van der Waals surface area contributed by atoms with Crippen molar-refractivity contribution in [2.75, 3.05) is 14.1 Å². The van der Waals surface area contributed by atoms with E-state index in [0.717, 1.165) is 0 Å². The third-order valence-corrected chi connectivity index (χ3v) is 1.95. The molecule has 0 heterocycles. The summed E-state index contributed by atoms with van der Waals surface area (Å²) in [6.45, 7) is 3.62. The SMILES string of the molecule is C=CC=CC=C1C=CC(=[N+](C)C)C=C1. The second-order valence-electron chi connectivity index (χ2n) is 3.27. The normalized spacial score (nSPS) is 15.0. The van der Waals surface area contributed by atoms with Gasteiger partial charge in [0.25, 0.3) is 0 Å². The molecule has 0 unspecified atom stereocenters. The number of allylic oxidation sites excluding steroid dienone is 9. The minimum absolute atomic E-state index is 1.20. The van der Waals surface area contributed by atoms with E-state index in [4.69, 9.17) is 0 Å². The van der Waals surface area contributed by atoms with Crippen LogP contribution in [0.4, 0.5) is 0 Å². The Morgan fingerprint density at radius 3 is 2.21 bits per heavy atom. The highest BCUT2D eigenvalue weighted by atomic mass is 14.9. The molecule has 1 rings (SSSR count). The fourth-order valence-electron chi connectivity index (χ4n) is 1.13. The Labute approximate surface area is 85.8 Å². The third kappa shape index (κ3) is 3.02. The number of nitrogens with zero attached hydrogens (tertiary/aromatic N) is 1. The van der Waals surface area contributed by atoms with Gasteiger partial charge in [0.05, 0.1) is 0 Å². The van der Waals surface area contributed by atoms with E-state index in [1.165, 1.54) is 11.3 Å². The van der Waals surface area contributed by atoms with E-state index in [2.05, 4.69) is 41.5 Å². The molecule has 14 heavy (non-hydrogen) atoms. The topological polar surface area (TPSA) is 3.01 Å². The largest absolute Gasteiger partial charge is 0.235 e. The first-order chi connectivity index (χ1) is 6.74. The van der Waals surface area contributed by atoms with E-state index in [9.17, 15) is 0 Å². The lowest BCUT2D eigenvalue weighted by Gasteiger charge is -1.99. The lowest BCUT2D eigenvalue weighted by molar-refractivity contribution is -0.462. The Balaban J connectivity index is 2.75. The van der Waals surface area contributed by atoms with Gasteiger partial charge < -0.3 is 0 Å². The Morgan fingerprint density at radius 2 is 1.71 bits per heavy atom. The predicted octanol–water partition coefficient (Wildman–Crippen LogP) is 2.49. The molecule has 0 aromatic rings. The van der Waals surface area contributed by atoms with Crippen LogP contribution >= 0.6 is 0 Å². The number of rotatable bonds is 2. The lowest BCUT2D eigenvalue weighted by Crippen LogP contribution is -2.09. The molecule has 0 amide bonds. The van der Waals surface area contributed by atoms with E-state index in [1.54, 1.807) is 6.08 Å². The van der Waals surface area contributed by atoms with Gasteiger partial charge in [-0.05, 0) is 17.7 Å². The smallest absolute Gasteiger partial charge is 0.199 e. The van der Waals surface area contributed by atoms with Gasteiger partial charge in [0, 0.05) is 12.2 Å². The van der Waals surface area contributed by atoms with Crippen molar-refractivity contribution < 1.29 is 4.58 Å². The molecule has 1 aliphatic carbocycles. The first kappa shape index (κ1) is 10.5. The molecule has 0 saturated heterocycles. The third-order valence-electron chi connectivity index (χ3n) is 1.95. The maximum absolute atomic E-state index is 3.62. The van der Waals surface area contributed by atoms with Gasteiger partial charge in [-0.25, -0.2) is 4.58 Å². The van der Waals surface area contributed by atoms with Gasteiger partial charge in [-0.3, -0.25) is 0 Å². The van der Waals surface area contributed by atoms with Crippen LogP contribution in [0.3, 0.4) is 0 Å². The summed E-state index contributed by atoms with van der Waals surface area (Å²) in [7, 11) is 4.08. The number of hydrogen-bond acceptors (Lipinski definition) is 0. The molecule has 0 aromatic carbocycles. The van der Waals surface area contributed by atoms with Crippen LogP contribution in [-0.4, -0.2) is 24.4 Å². The second kappa shape index (κ2) is 5.18. The average molecular weight is 186 g/mol. The second-order valence-corrected chi connectivity index (χ2v) is 3.27. The maximum atomic E-state index is 3.62. The summed E-state index contributed by atoms with van der Waals surface area (Å²) >= 11 is 0. The van der Waals surface area contributed by atoms with Gasteiger partial charge in [-0.2, -0.15) is 0 Å². The minimum Gasteiger partial charge on any atom is -0.235 e. The monoisotopic (exact) mass is 186 g/mol. The fraction of sp³-hybridized carbons (Fsp3) is 0.154. The lowest BCUT2D eigenvalue weighted by atomic mass is 10.1. The Bertz CT molecular complexity index is 341. The van der Waals surface area contributed by atoms with Crippen LogP contribution in [0.5, 0.6) is 0 Å². The molecule has 0 spiro atoms. The molecule has 0 saturated carbocycles. The summed E-state index contributed by atoms with van der Waals surface area (Å²) in [5.41, 5.74) is 2.42. The van der Waals surface area contributed by atoms with Crippen molar-refractivity contribution in [1.29, 1.82) is 0 Å². The zero-order valence-electron chi connectivity index (χ0n) is 8.77. The highest BCUT2D eigenvalue weighted by molar-refractivity contribution is 6.02. The zero-order chi connectivity index (χ0) is 10.4. The van der Waals surface area contributed by atoms with Crippen LogP contribution in [0.25, 0.3) is 0 Å². The van der Waals surface area contributed by atoms with Crippen LogP contribution in [0, 0.1) is 0 Å². The van der Waals surface area contributed by atoms with Crippen molar-refractivity contribution in [2.45, 2.75) is 0 Å². The van der Waals surface area contributed by atoms with Gasteiger partial charge in [-0.1, -0.05) is 30.9 Å². The molecule has 0 bridgehead atoms. The van der Waals surface area contributed by atoms with Crippen molar-refractivity contribution in [3.63, 3.8) is 0 Å². The van der Waals surface area contributed by atoms with Crippen LogP contribution in [0.15, 0.2) is 60.8 Å². The molecule has 0 aromatic heterocycles. The van der Waals surface area contributed by atoms with E-state index in [0.29, 0.717) is 0 Å². The summed E-state index contributed by atoms with van der Waals surface area (Å²) in [4.78, 5) is 0. The summed E-state index contributed by atoms with van der Waals surface area (Å²) in [5, 5.41) is 0. The predicted molar refractivity (Wildman–Crippen MR) is 62.8 cm³/mol. The Kier molecular flexibility index (Phi) is 3.86. The Hall–Kier alpha value is -1.63. The molecule has 0 N–H and O–H groups in total. The quantitative estimate of drug-likeness (QED) is 0.460. The number of hydrogen-bond donors (Lipinski definition) is 0. The highest BCUT2D eigenvalue weighted by Gasteiger charge is 2.02. The van der Waals surface area contributed by atoms with Gasteiger partial charge in [0.2, 0.25) is 0 Å². The van der Waals surface area contributed by atoms with Crippen LogP contribution < -0.4 is 0 Å². The standard InChI is InChI=1S/C13H16N/c1-4-5-6-7-12-8-10-13(11-9-12)14(2)3/h4-11H,1H2,2-3H3/q+1. The summed E-state index contributed by atoms with van der Waals surface area (Å²) in [6, 6.07) is 0. The van der Waals surface area contributed by atoms with Crippen molar-refractivity contribution in [3.8, 4) is 0 Å². The molecule has 1 heteroatoms. The van der Waals surface area contributed by atoms with Crippen LogP contribution in [0.1, 0.15) is 0 Å².